The number of thioether (sulfide) groups is 1. The monoisotopic (exact) mass is 286 g/mol. The van der Waals surface area contributed by atoms with Crippen molar-refractivity contribution in [2.24, 2.45) is 23.0 Å². The van der Waals surface area contributed by atoms with Crippen molar-refractivity contribution in [3.8, 4) is 0 Å². The largest absolute Gasteiger partial charge is 0.392 e. The van der Waals surface area contributed by atoms with E-state index in [9.17, 15) is 4.79 Å². The number of hydrogen-bond donors (Lipinski definition) is 2. The topological polar surface area (TPSA) is 55.1 Å². The van der Waals surface area contributed by atoms with Crippen molar-refractivity contribution in [3.63, 3.8) is 0 Å². The second-order valence-electron chi connectivity index (χ2n) is 5.73. The van der Waals surface area contributed by atoms with Crippen LogP contribution in [0.15, 0.2) is 0 Å². The summed E-state index contributed by atoms with van der Waals surface area (Å²) in [5.41, 5.74) is 5.23. The minimum Gasteiger partial charge on any atom is -0.392 e. The second-order valence-corrected chi connectivity index (χ2v) is 7.39. The molecule has 1 heterocycles. The highest BCUT2D eigenvalue weighted by molar-refractivity contribution is 7.99. The summed E-state index contributed by atoms with van der Waals surface area (Å²) in [5.74, 6) is 3.70. The van der Waals surface area contributed by atoms with Gasteiger partial charge in [0.2, 0.25) is 5.91 Å². The average Bonchev–Trinajstić information content (AvgIpc) is 2.32. The van der Waals surface area contributed by atoms with Crippen LogP contribution in [-0.2, 0) is 4.79 Å². The summed E-state index contributed by atoms with van der Waals surface area (Å²) in [5, 5.41) is 3.08. The molecule has 0 spiro atoms. The van der Waals surface area contributed by atoms with Crippen molar-refractivity contribution in [2.45, 2.75) is 32.6 Å². The van der Waals surface area contributed by atoms with Gasteiger partial charge in [-0.25, -0.2) is 0 Å². The van der Waals surface area contributed by atoms with E-state index in [2.05, 4.69) is 12.2 Å². The SMILES string of the molecule is CC1CC(C(=O)NCC2CCSCC2)(C(N)=S)C1. The van der Waals surface area contributed by atoms with Crippen LogP contribution in [0.2, 0.25) is 0 Å². The van der Waals surface area contributed by atoms with Crippen LogP contribution in [0, 0.1) is 17.3 Å². The van der Waals surface area contributed by atoms with Crippen LogP contribution in [-0.4, -0.2) is 28.9 Å². The highest BCUT2D eigenvalue weighted by Gasteiger charge is 2.50. The molecule has 2 rings (SSSR count). The molecule has 18 heavy (non-hydrogen) atoms. The summed E-state index contributed by atoms with van der Waals surface area (Å²) < 4.78 is 0. The van der Waals surface area contributed by atoms with E-state index in [1.165, 1.54) is 24.3 Å². The van der Waals surface area contributed by atoms with Gasteiger partial charge >= 0.3 is 0 Å². The van der Waals surface area contributed by atoms with Gasteiger partial charge in [-0.3, -0.25) is 4.79 Å². The van der Waals surface area contributed by atoms with E-state index in [0.717, 1.165) is 19.4 Å². The van der Waals surface area contributed by atoms with E-state index < -0.39 is 5.41 Å². The van der Waals surface area contributed by atoms with Gasteiger partial charge in [0.1, 0.15) is 0 Å². The summed E-state index contributed by atoms with van der Waals surface area (Å²) in [6.07, 6.45) is 4.05. The molecule has 3 nitrogen and oxygen atoms in total. The predicted molar refractivity (Wildman–Crippen MR) is 80.7 cm³/mol. The summed E-state index contributed by atoms with van der Waals surface area (Å²) in [7, 11) is 0. The van der Waals surface area contributed by atoms with Gasteiger partial charge in [-0.1, -0.05) is 19.1 Å². The highest BCUT2D eigenvalue weighted by atomic mass is 32.2. The standard InChI is InChI=1S/C13H22N2OS2/c1-9-6-13(7-9,11(14)17)12(16)15-8-10-2-4-18-5-3-10/h9-10H,2-8H2,1H3,(H2,14,17)(H,15,16). The molecule has 0 atom stereocenters. The van der Waals surface area contributed by atoms with Gasteiger partial charge < -0.3 is 11.1 Å². The number of carbonyl (C=O) groups excluding carboxylic acids is 1. The maximum Gasteiger partial charge on any atom is 0.233 e. The minimum atomic E-state index is -0.543. The minimum absolute atomic E-state index is 0.0614. The number of carbonyl (C=O) groups is 1. The molecule has 1 aliphatic heterocycles. The van der Waals surface area contributed by atoms with E-state index in [1.54, 1.807) is 0 Å². The molecule has 3 N–H and O–H groups in total. The molecule has 0 aromatic rings. The first kappa shape index (κ1) is 14.1. The van der Waals surface area contributed by atoms with Gasteiger partial charge in [0, 0.05) is 6.54 Å². The molecule has 0 radical (unpaired) electrons. The number of hydrogen-bond acceptors (Lipinski definition) is 3. The zero-order valence-electron chi connectivity index (χ0n) is 10.9. The zero-order chi connectivity index (χ0) is 13.2. The fraction of sp³-hybridized carbons (Fsp3) is 0.846. The smallest absolute Gasteiger partial charge is 0.233 e. The average molecular weight is 286 g/mol. The lowest BCUT2D eigenvalue weighted by Gasteiger charge is -2.44. The fourth-order valence-electron chi connectivity index (χ4n) is 2.99. The van der Waals surface area contributed by atoms with Crippen molar-refractivity contribution in [1.82, 2.24) is 5.32 Å². The number of amides is 1. The molecule has 102 valence electrons. The number of rotatable bonds is 4. The van der Waals surface area contributed by atoms with E-state index in [1.807, 2.05) is 11.8 Å². The van der Waals surface area contributed by atoms with Crippen molar-refractivity contribution in [3.05, 3.63) is 0 Å². The lowest BCUT2D eigenvalue weighted by atomic mass is 9.62. The molecule has 0 unspecified atom stereocenters. The van der Waals surface area contributed by atoms with Gasteiger partial charge in [-0.15, -0.1) is 0 Å². The maximum absolute atomic E-state index is 12.3. The van der Waals surface area contributed by atoms with E-state index in [-0.39, 0.29) is 5.91 Å². The molecule has 1 saturated carbocycles. The first-order chi connectivity index (χ1) is 8.54. The normalized spacial score (nSPS) is 32.6. The lowest BCUT2D eigenvalue weighted by molar-refractivity contribution is -0.133. The third-order valence-electron chi connectivity index (χ3n) is 4.19. The van der Waals surface area contributed by atoms with Crippen molar-refractivity contribution in [2.75, 3.05) is 18.1 Å². The van der Waals surface area contributed by atoms with E-state index >= 15 is 0 Å². The molecule has 0 aromatic heterocycles. The quantitative estimate of drug-likeness (QED) is 0.776. The van der Waals surface area contributed by atoms with Crippen LogP contribution in [0.3, 0.4) is 0 Å². The summed E-state index contributed by atoms with van der Waals surface area (Å²) >= 11 is 7.10. The van der Waals surface area contributed by atoms with Gasteiger partial charge in [-0.2, -0.15) is 11.8 Å². The predicted octanol–water partition coefficient (Wildman–Crippen LogP) is 1.95. The van der Waals surface area contributed by atoms with Crippen molar-refractivity contribution in [1.29, 1.82) is 0 Å². The molecule has 2 aliphatic rings. The van der Waals surface area contributed by atoms with E-state index in [4.69, 9.17) is 18.0 Å². The van der Waals surface area contributed by atoms with E-state index in [0.29, 0.717) is 16.8 Å². The summed E-state index contributed by atoms with van der Waals surface area (Å²) in [6.45, 7) is 2.93. The van der Waals surface area contributed by atoms with Crippen LogP contribution >= 0.6 is 24.0 Å². The Labute approximate surface area is 119 Å². The Kier molecular flexibility index (Phi) is 4.54. The molecule has 0 aromatic carbocycles. The van der Waals surface area contributed by atoms with Crippen molar-refractivity contribution < 1.29 is 4.79 Å². The molecule has 1 aliphatic carbocycles. The van der Waals surface area contributed by atoms with Crippen LogP contribution in [0.5, 0.6) is 0 Å². The number of thiocarbonyl (C=S) groups is 1. The Hall–Kier alpha value is -0.290. The summed E-state index contributed by atoms with van der Waals surface area (Å²) in [4.78, 5) is 12.7. The molecule has 1 amide bonds. The third-order valence-corrected chi connectivity index (χ3v) is 5.63. The van der Waals surface area contributed by atoms with Crippen LogP contribution in [0.4, 0.5) is 0 Å². The molecule has 2 fully saturated rings. The second kappa shape index (κ2) is 5.78. The molecule has 5 heteroatoms. The van der Waals surface area contributed by atoms with Crippen LogP contribution < -0.4 is 11.1 Å². The first-order valence-corrected chi connectivity index (χ1v) is 8.27. The Morgan fingerprint density at radius 3 is 2.56 bits per heavy atom. The Morgan fingerprint density at radius 2 is 2.06 bits per heavy atom. The third kappa shape index (κ3) is 2.82. The molecule has 1 saturated heterocycles. The van der Waals surface area contributed by atoms with Crippen LogP contribution in [0.25, 0.3) is 0 Å². The van der Waals surface area contributed by atoms with Crippen LogP contribution in [0.1, 0.15) is 32.6 Å². The highest BCUT2D eigenvalue weighted by Crippen LogP contribution is 2.46. The zero-order valence-corrected chi connectivity index (χ0v) is 12.5. The first-order valence-electron chi connectivity index (χ1n) is 6.70. The Balaban J connectivity index is 1.84. The fourth-order valence-corrected chi connectivity index (χ4v) is 4.45. The Bertz CT molecular complexity index is 334. The lowest BCUT2D eigenvalue weighted by Crippen LogP contribution is -2.56. The van der Waals surface area contributed by atoms with Gasteiger partial charge in [-0.05, 0) is 49.0 Å². The van der Waals surface area contributed by atoms with Crippen molar-refractivity contribution >= 4 is 34.9 Å². The van der Waals surface area contributed by atoms with Gasteiger partial charge in [0.15, 0.2) is 0 Å². The number of nitrogens with two attached hydrogens (primary N) is 1. The van der Waals surface area contributed by atoms with Gasteiger partial charge in [0.25, 0.3) is 0 Å². The molecular weight excluding hydrogens is 264 g/mol. The Morgan fingerprint density at radius 1 is 1.44 bits per heavy atom. The summed E-state index contributed by atoms with van der Waals surface area (Å²) in [6, 6.07) is 0. The number of nitrogens with one attached hydrogen (secondary N) is 1. The van der Waals surface area contributed by atoms with Gasteiger partial charge in [0.05, 0.1) is 10.4 Å². The molecular formula is C13H22N2OS2. The molecule has 0 bridgehead atoms. The maximum atomic E-state index is 12.3.